The van der Waals surface area contributed by atoms with Gasteiger partial charge in [-0.2, -0.15) is 4.98 Å². The lowest BCUT2D eigenvalue weighted by molar-refractivity contribution is -0.116. The zero-order valence-electron chi connectivity index (χ0n) is 12.5. The van der Waals surface area contributed by atoms with E-state index in [1.807, 2.05) is 17.5 Å². The fraction of sp³-hybridized carbons (Fsp3) is 0.188. The average molecular weight is 382 g/mol. The molecule has 2 aromatic heterocycles. The molecule has 5 nitrogen and oxygen atoms in total. The molecular formula is C16H13Cl2N3O2S. The number of rotatable bonds is 6. The van der Waals surface area contributed by atoms with Crippen molar-refractivity contribution in [3.8, 4) is 10.7 Å². The second-order valence-corrected chi connectivity index (χ2v) is 6.81. The van der Waals surface area contributed by atoms with Crippen LogP contribution in [0.2, 0.25) is 10.0 Å². The maximum Gasteiger partial charge on any atom is 0.226 e. The van der Waals surface area contributed by atoms with Gasteiger partial charge < -0.3 is 9.84 Å². The zero-order chi connectivity index (χ0) is 16.9. The number of hydrogen-bond acceptors (Lipinski definition) is 5. The maximum atomic E-state index is 12.0. The van der Waals surface area contributed by atoms with Gasteiger partial charge in [-0.05, 0) is 36.1 Å². The predicted octanol–water partition coefficient (Wildman–Crippen LogP) is 5.07. The topological polar surface area (TPSA) is 68.0 Å². The summed E-state index contributed by atoms with van der Waals surface area (Å²) in [5.74, 6) is 0.958. The second-order valence-electron chi connectivity index (χ2n) is 5.01. The first-order valence-corrected chi connectivity index (χ1v) is 8.87. The summed E-state index contributed by atoms with van der Waals surface area (Å²) in [4.78, 5) is 17.3. The van der Waals surface area contributed by atoms with Gasteiger partial charge in [-0.1, -0.05) is 34.4 Å². The van der Waals surface area contributed by atoms with Crippen molar-refractivity contribution in [2.45, 2.75) is 19.3 Å². The van der Waals surface area contributed by atoms with E-state index < -0.39 is 0 Å². The van der Waals surface area contributed by atoms with Crippen molar-refractivity contribution < 1.29 is 9.32 Å². The van der Waals surface area contributed by atoms with Crippen molar-refractivity contribution in [3.63, 3.8) is 0 Å². The molecule has 1 amide bonds. The van der Waals surface area contributed by atoms with Gasteiger partial charge in [0, 0.05) is 17.9 Å². The molecule has 8 heteroatoms. The number of thiophene rings is 1. The minimum absolute atomic E-state index is 0.142. The number of nitrogens with one attached hydrogen (secondary N) is 1. The van der Waals surface area contributed by atoms with E-state index in [1.54, 1.807) is 29.5 Å². The van der Waals surface area contributed by atoms with Gasteiger partial charge in [-0.25, -0.2) is 0 Å². The summed E-state index contributed by atoms with van der Waals surface area (Å²) in [6.07, 6.45) is 1.45. The Morgan fingerprint density at radius 3 is 2.96 bits per heavy atom. The van der Waals surface area contributed by atoms with Gasteiger partial charge in [-0.15, -0.1) is 11.3 Å². The van der Waals surface area contributed by atoms with Crippen molar-refractivity contribution in [1.82, 2.24) is 10.1 Å². The number of carbonyl (C=O) groups is 1. The van der Waals surface area contributed by atoms with Crippen LogP contribution < -0.4 is 5.32 Å². The Hall–Kier alpha value is -1.89. The van der Waals surface area contributed by atoms with Crippen LogP contribution in [0.5, 0.6) is 0 Å². The largest absolute Gasteiger partial charge is 0.339 e. The van der Waals surface area contributed by atoms with Crippen LogP contribution in [0.4, 0.5) is 5.69 Å². The fourth-order valence-corrected chi connectivity index (χ4v) is 3.05. The Bertz CT molecular complexity index is 834. The van der Waals surface area contributed by atoms with E-state index in [-0.39, 0.29) is 5.91 Å². The minimum Gasteiger partial charge on any atom is -0.339 e. The molecule has 0 bridgehead atoms. The summed E-state index contributed by atoms with van der Waals surface area (Å²) in [6, 6.07) is 8.79. The Morgan fingerprint density at radius 1 is 1.29 bits per heavy atom. The fourth-order valence-electron chi connectivity index (χ4n) is 2.07. The second kappa shape index (κ2) is 7.79. The molecule has 0 atom stereocenters. The van der Waals surface area contributed by atoms with E-state index >= 15 is 0 Å². The van der Waals surface area contributed by atoms with E-state index in [1.165, 1.54) is 0 Å². The molecule has 3 aromatic rings. The highest BCUT2D eigenvalue weighted by molar-refractivity contribution is 7.13. The van der Waals surface area contributed by atoms with Gasteiger partial charge in [-0.3, -0.25) is 4.79 Å². The monoisotopic (exact) mass is 381 g/mol. The van der Waals surface area contributed by atoms with Gasteiger partial charge in [0.15, 0.2) is 0 Å². The summed E-state index contributed by atoms with van der Waals surface area (Å²) in [5.41, 5.74) is 0.506. The maximum absolute atomic E-state index is 12.0. The molecule has 1 N–H and O–H groups in total. The Kier molecular flexibility index (Phi) is 5.50. The van der Waals surface area contributed by atoms with Crippen LogP contribution in [0.15, 0.2) is 40.2 Å². The highest BCUT2D eigenvalue weighted by atomic mass is 35.5. The van der Waals surface area contributed by atoms with Crippen LogP contribution in [0.1, 0.15) is 18.7 Å². The van der Waals surface area contributed by atoms with Crippen LogP contribution in [0, 0.1) is 0 Å². The van der Waals surface area contributed by atoms with E-state index in [9.17, 15) is 4.79 Å². The number of halogens is 2. The van der Waals surface area contributed by atoms with Crippen LogP contribution in [-0.4, -0.2) is 16.0 Å². The van der Waals surface area contributed by atoms with Crippen molar-refractivity contribution in [3.05, 3.63) is 51.6 Å². The van der Waals surface area contributed by atoms with Gasteiger partial charge in [0.05, 0.1) is 15.6 Å². The number of carbonyl (C=O) groups excluding carboxylic acids is 1. The summed E-state index contributed by atoms with van der Waals surface area (Å²) in [6.45, 7) is 0. The molecule has 2 heterocycles. The van der Waals surface area contributed by atoms with Crippen LogP contribution >= 0.6 is 34.5 Å². The molecule has 0 aliphatic carbocycles. The molecule has 0 saturated carbocycles. The van der Waals surface area contributed by atoms with Gasteiger partial charge in [0.1, 0.15) is 0 Å². The minimum atomic E-state index is -0.142. The third kappa shape index (κ3) is 4.35. The average Bonchev–Trinajstić information content (AvgIpc) is 3.22. The number of amides is 1. The SMILES string of the molecule is O=C(CCCc1nc(-c2cccs2)no1)Nc1cc(Cl)ccc1Cl. The quantitative estimate of drug-likeness (QED) is 0.647. The van der Waals surface area contributed by atoms with Gasteiger partial charge in [0.25, 0.3) is 0 Å². The number of benzene rings is 1. The van der Waals surface area contributed by atoms with E-state index in [4.69, 9.17) is 27.7 Å². The predicted molar refractivity (Wildman–Crippen MR) is 95.6 cm³/mol. The summed E-state index contributed by atoms with van der Waals surface area (Å²) < 4.78 is 5.20. The summed E-state index contributed by atoms with van der Waals surface area (Å²) >= 11 is 13.5. The third-order valence-corrected chi connectivity index (χ3v) is 4.64. The molecule has 1 aromatic carbocycles. The lowest BCUT2D eigenvalue weighted by atomic mass is 10.2. The van der Waals surface area contributed by atoms with Crippen molar-refractivity contribution >= 4 is 46.1 Å². The normalized spacial score (nSPS) is 10.8. The molecule has 24 heavy (non-hydrogen) atoms. The number of aromatic nitrogens is 2. The number of anilines is 1. The smallest absolute Gasteiger partial charge is 0.226 e. The van der Waals surface area contributed by atoms with Crippen molar-refractivity contribution in [2.75, 3.05) is 5.32 Å². The molecule has 0 fully saturated rings. The molecule has 3 rings (SSSR count). The lowest BCUT2D eigenvalue weighted by Crippen LogP contribution is -2.11. The van der Waals surface area contributed by atoms with E-state index in [0.29, 0.717) is 46.7 Å². The molecule has 0 radical (unpaired) electrons. The van der Waals surface area contributed by atoms with Crippen LogP contribution in [0.3, 0.4) is 0 Å². The molecule has 0 unspecified atom stereocenters. The van der Waals surface area contributed by atoms with E-state index in [2.05, 4.69) is 15.5 Å². The highest BCUT2D eigenvalue weighted by Crippen LogP contribution is 2.25. The number of hydrogen-bond donors (Lipinski definition) is 1. The molecule has 0 saturated heterocycles. The van der Waals surface area contributed by atoms with Crippen LogP contribution in [-0.2, 0) is 11.2 Å². The molecule has 0 spiro atoms. The summed E-state index contributed by atoms with van der Waals surface area (Å²) in [7, 11) is 0. The number of nitrogens with zero attached hydrogens (tertiary/aromatic N) is 2. The zero-order valence-corrected chi connectivity index (χ0v) is 14.8. The highest BCUT2D eigenvalue weighted by Gasteiger charge is 2.11. The molecular weight excluding hydrogens is 369 g/mol. The first-order chi connectivity index (χ1) is 11.6. The first-order valence-electron chi connectivity index (χ1n) is 7.23. The molecule has 0 aliphatic rings. The van der Waals surface area contributed by atoms with Gasteiger partial charge in [0.2, 0.25) is 17.6 Å². The van der Waals surface area contributed by atoms with Crippen molar-refractivity contribution in [2.24, 2.45) is 0 Å². The van der Waals surface area contributed by atoms with Crippen LogP contribution in [0.25, 0.3) is 10.7 Å². The standard InChI is InChI=1S/C16H13Cl2N3O2S/c17-10-6-7-11(18)12(9-10)19-14(22)4-1-5-15-20-16(21-23-15)13-3-2-8-24-13/h2-3,6-9H,1,4-5H2,(H,19,22). The Balaban J connectivity index is 1.49. The number of aryl methyl sites for hydroxylation is 1. The first kappa shape index (κ1) is 17.0. The Labute approximate surface area is 152 Å². The molecule has 0 aliphatic heterocycles. The Morgan fingerprint density at radius 2 is 2.17 bits per heavy atom. The third-order valence-electron chi connectivity index (χ3n) is 3.21. The van der Waals surface area contributed by atoms with E-state index in [0.717, 1.165) is 4.88 Å². The molecule has 124 valence electrons. The van der Waals surface area contributed by atoms with Gasteiger partial charge >= 0.3 is 0 Å². The summed E-state index contributed by atoms with van der Waals surface area (Å²) in [5, 5.41) is 9.60. The lowest BCUT2D eigenvalue weighted by Gasteiger charge is -2.07. The van der Waals surface area contributed by atoms with Crippen molar-refractivity contribution in [1.29, 1.82) is 0 Å².